The molecule has 4 rings (SSSR count). The first-order chi connectivity index (χ1) is 10.9. The maximum atomic E-state index is 4.26. The maximum absolute atomic E-state index is 4.26. The lowest BCUT2D eigenvalue weighted by Gasteiger charge is -2.02. The third-order valence-electron chi connectivity index (χ3n) is 3.30. The first kappa shape index (κ1) is 12.5. The van der Waals surface area contributed by atoms with Crippen LogP contribution in [0.1, 0.15) is 0 Å². The molecule has 0 N–H and O–H groups in total. The van der Waals surface area contributed by atoms with Gasteiger partial charge in [0.25, 0.3) is 0 Å². The van der Waals surface area contributed by atoms with Crippen molar-refractivity contribution in [3.05, 3.63) is 73.4 Å². The molecule has 6 heteroatoms. The second kappa shape index (κ2) is 5.25. The predicted octanol–water partition coefficient (Wildman–Crippen LogP) is 2.51. The molecule has 22 heavy (non-hydrogen) atoms. The Kier molecular flexibility index (Phi) is 2.97. The Morgan fingerprint density at radius 1 is 0.864 bits per heavy atom. The Hall–Kier alpha value is -3.28. The van der Waals surface area contributed by atoms with Crippen molar-refractivity contribution in [1.29, 1.82) is 0 Å². The van der Waals surface area contributed by atoms with Crippen LogP contribution in [0.15, 0.2) is 73.4 Å². The largest absolute Gasteiger partial charge is 0.262 e. The van der Waals surface area contributed by atoms with Crippen LogP contribution in [0.5, 0.6) is 0 Å². The fourth-order valence-electron chi connectivity index (χ4n) is 2.22. The summed E-state index contributed by atoms with van der Waals surface area (Å²) < 4.78 is 3.51. The molecule has 3 heterocycles. The van der Waals surface area contributed by atoms with Crippen LogP contribution in [-0.4, -0.2) is 29.8 Å². The topological polar surface area (TPSA) is 61.4 Å². The second-order valence-electron chi connectivity index (χ2n) is 4.77. The van der Waals surface area contributed by atoms with Crippen LogP contribution in [-0.2, 0) is 0 Å². The zero-order valence-corrected chi connectivity index (χ0v) is 11.6. The van der Waals surface area contributed by atoms with Crippen LogP contribution in [0, 0.1) is 0 Å². The molecule has 0 atom stereocenters. The molecule has 0 aliphatic rings. The standard InChI is InChI=1S/C16H12N6/c1-2-5-14(6-3-1)22-12-16(19-20-22)13-9-15(11-17-10-13)21-8-4-7-18-21/h1-12H. The molecule has 0 aliphatic carbocycles. The summed E-state index contributed by atoms with van der Waals surface area (Å²) in [7, 11) is 0. The van der Waals surface area contributed by atoms with E-state index in [9.17, 15) is 0 Å². The Morgan fingerprint density at radius 3 is 2.59 bits per heavy atom. The fraction of sp³-hybridized carbons (Fsp3) is 0. The zero-order chi connectivity index (χ0) is 14.8. The van der Waals surface area contributed by atoms with Gasteiger partial charge in [-0.25, -0.2) is 9.36 Å². The van der Waals surface area contributed by atoms with E-state index in [4.69, 9.17) is 0 Å². The van der Waals surface area contributed by atoms with Crippen LogP contribution < -0.4 is 0 Å². The average molecular weight is 288 g/mol. The van der Waals surface area contributed by atoms with E-state index in [1.165, 1.54) is 0 Å². The molecule has 0 spiro atoms. The van der Waals surface area contributed by atoms with E-state index in [0.717, 1.165) is 22.6 Å². The van der Waals surface area contributed by atoms with E-state index in [1.807, 2.05) is 54.9 Å². The van der Waals surface area contributed by atoms with Gasteiger partial charge in [0.1, 0.15) is 5.69 Å². The van der Waals surface area contributed by atoms with Crippen LogP contribution in [0.2, 0.25) is 0 Å². The van der Waals surface area contributed by atoms with Gasteiger partial charge in [0.2, 0.25) is 0 Å². The summed E-state index contributed by atoms with van der Waals surface area (Å²) in [4.78, 5) is 4.26. The monoisotopic (exact) mass is 288 g/mol. The molecular weight excluding hydrogens is 276 g/mol. The quantitative estimate of drug-likeness (QED) is 0.581. The first-order valence-corrected chi connectivity index (χ1v) is 6.83. The molecule has 1 aromatic carbocycles. The van der Waals surface area contributed by atoms with Gasteiger partial charge in [-0.05, 0) is 24.3 Å². The second-order valence-corrected chi connectivity index (χ2v) is 4.77. The van der Waals surface area contributed by atoms with Gasteiger partial charge in [-0.15, -0.1) is 5.10 Å². The number of benzene rings is 1. The summed E-state index contributed by atoms with van der Waals surface area (Å²) in [6.07, 6.45) is 9.03. The summed E-state index contributed by atoms with van der Waals surface area (Å²) in [6, 6.07) is 13.7. The Labute approximate surface area is 126 Å². The van der Waals surface area contributed by atoms with Crippen molar-refractivity contribution in [2.45, 2.75) is 0 Å². The molecule has 106 valence electrons. The van der Waals surface area contributed by atoms with E-state index in [1.54, 1.807) is 28.0 Å². The lowest BCUT2D eigenvalue weighted by molar-refractivity contribution is 0.804. The Balaban J connectivity index is 1.71. The molecular formula is C16H12N6. The number of nitrogens with zero attached hydrogens (tertiary/aromatic N) is 6. The highest BCUT2D eigenvalue weighted by Gasteiger charge is 2.07. The molecule has 0 radical (unpaired) electrons. The van der Waals surface area contributed by atoms with Gasteiger partial charge in [0, 0.05) is 24.2 Å². The summed E-state index contributed by atoms with van der Waals surface area (Å²) in [6.45, 7) is 0. The molecule has 4 aromatic rings. The lowest BCUT2D eigenvalue weighted by Crippen LogP contribution is -1.95. The SMILES string of the molecule is c1ccc(-n2cc(-c3cncc(-n4cccn4)c3)nn2)cc1. The normalized spacial score (nSPS) is 10.7. The van der Waals surface area contributed by atoms with Crippen molar-refractivity contribution in [3.63, 3.8) is 0 Å². The first-order valence-electron chi connectivity index (χ1n) is 6.83. The van der Waals surface area contributed by atoms with Crippen LogP contribution in [0.4, 0.5) is 0 Å². The molecule has 0 saturated carbocycles. The molecule has 0 saturated heterocycles. The maximum Gasteiger partial charge on any atom is 0.115 e. The predicted molar refractivity (Wildman–Crippen MR) is 81.7 cm³/mol. The van der Waals surface area contributed by atoms with Crippen molar-refractivity contribution < 1.29 is 0 Å². The van der Waals surface area contributed by atoms with Crippen molar-refractivity contribution in [2.75, 3.05) is 0 Å². The van der Waals surface area contributed by atoms with Crippen LogP contribution in [0.3, 0.4) is 0 Å². The minimum absolute atomic E-state index is 0.769. The number of aromatic nitrogens is 6. The molecule has 0 aliphatic heterocycles. The van der Waals surface area contributed by atoms with Crippen LogP contribution >= 0.6 is 0 Å². The van der Waals surface area contributed by atoms with Gasteiger partial charge in [0.05, 0.1) is 23.8 Å². The minimum atomic E-state index is 0.769. The molecule has 0 amide bonds. The highest BCUT2D eigenvalue weighted by Crippen LogP contribution is 2.19. The van der Waals surface area contributed by atoms with E-state index in [-0.39, 0.29) is 0 Å². The van der Waals surface area contributed by atoms with Gasteiger partial charge in [0.15, 0.2) is 0 Å². The number of hydrogen-bond acceptors (Lipinski definition) is 4. The van der Waals surface area contributed by atoms with E-state index in [0.29, 0.717) is 0 Å². The summed E-state index contributed by atoms with van der Waals surface area (Å²) >= 11 is 0. The Bertz CT molecular complexity index is 880. The lowest BCUT2D eigenvalue weighted by atomic mass is 10.2. The van der Waals surface area contributed by atoms with Crippen molar-refractivity contribution in [2.24, 2.45) is 0 Å². The van der Waals surface area contributed by atoms with Gasteiger partial charge in [-0.1, -0.05) is 23.4 Å². The summed E-state index contributed by atoms with van der Waals surface area (Å²) in [5.74, 6) is 0. The number of para-hydroxylation sites is 1. The number of pyridine rings is 1. The van der Waals surface area contributed by atoms with Crippen molar-refractivity contribution in [3.8, 4) is 22.6 Å². The third-order valence-corrected chi connectivity index (χ3v) is 3.30. The highest BCUT2D eigenvalue weighted by molar-refractivity contribution is 5.60. The van der Waals surface area contributed by atoms with Crippen molar-refractivity contribution in [1.82, 2.24) is 29.8 Å². The van der Waals surface area contributed by atoms with E-state index < -0.39 is 0 Å². The summed E-state index contributed by atoms with van der Waals surface area (Å²) in [5.41, 5.74) is 3.52. The summed E-state index contributed by atoms with van der Waals surface area (Å²) in [5, 5.41) is 12.6. The number of rotatable bonds is 3. The molecule has 0 bridgehead atoms. The molecule has 0 fully saturated rings. The smallest absolute Gasteiger partial charge is 0.115 e. The van der Waals surface area contributed by atoms with Gasteiger partial charge in [-0.2, -0.15) is 5.10 Å². The van der Waals surface area contributed by atoms with Gasteiger partial charge >= 0.3 is 0 Å². The number of hydrogen-bond donors (Lipinski definition) is 0. The zero-order valence-electron chi connectivity index (χ0n) is 11.6. The third kappa shape index (κ3) is 2.26. The minimum Gasteiger partial charge on any atom is -0.262 e. The van der Waals surface area contributed by atoms with Crippen LogP contribution in [0.25, 0.3) is 22.6 Å². The Morgan fingerprint density at radius 2 is 1.77 bits per heavy atom. The van der Waals surface area contributed by atoms with E-state index in [2.05, 4.69) is 20.4 Å². The average Bonchev–Trinajstić information content (AvgIpc) is 3.28. The molecule has 3 aromatic heterocycles. The van der Waals surface area contributed by atoms with Crippen molar-refractivity contribution >= 4 is 0 Å². The van der Waals surface area contributed by atoms with Gasteiger partial charge in [-0.3, -0.25) is 4.98 Å². The van der Waals surface area contributed by atoms with E-state index >= 15 is 0 Å². The molecule has 6 nitrogen and oxygen atoms in total. The fourth-order valence-corrected chi connectivity index (χ4v) is 2.22. The molecule has 0 unspecified atom stereocenters. The highest BCUT2D eigenvalue weighted by atomic mass is 15.4. The van der Waals surface area contributed by atoms with Gasteiger partial charge < -0.3 is 0 Å².